The summed E-state index contributed by atoms with van der Waals surface area (Å²) in [6.45, 7) is 6.55. The molecule has 0 saturated carbocycles. The number of anilines is 1. The van der Waals surface area contributed by atoms with Gasteiger partial charge in [0.05, 0.1) is 16.8 Å². The second-order valence-electron chi connectivity index (χ2n) is 7.22. The topological polar surface area (TPSA) is 45.2 Å². The predicted molar refractivity (Wildman–Crippen MR) is 115 cm³/mol. The van der Waals surface area contributed by atoms with E-state index in [2.05, 4.69) is 62.5 Å². The van der Waals surface area contributed by atoms with Crippen LogP contribution in [0.1, 0.15) is 30.0 Å². The van der Waals surface area contributed by atoms with E-state index in [1.807, 2.05) is 18.0 Å². The molecule has 1 unspecified atom stereocenters. The van der Waals surface area contributed by atoms with Gasteiger partial charge in [0.1, 0.15) is 0 Å². The van der Waals surface area contributed by atoms with Crippen LogP contribution in [0.2, 0.25) is 0 Å². The first-order valence-corrected chi connectivity index (χ1v) is 10.2. The van der Waals surface area contributed by atoms with Gasteiger partial charge in [0.2, 0.25) is 5.91 Å². The second-order valence-corrected chi connectivity index (χ2v) is 8.20. The molecule has 1 aromatic heterocycles. The molecule has 0 radical (unpaired) electrons. The van der Waals surface area contributed by atoms with Crippen LogP contribution >= 0.6 is 11.3 Å². The van der Waals surface area contributed by atoms with Crippen LogP contribution in [-0.2, 0) is 11.2 Å². The van der Waals surface area contributed by atoms with Crippen LogP contribution in [0.15, 0.2) is 42.5 Å². The SMILES string of the molecule is Cc1ccc(C)c2sc(N(C)CC(=O)NC(C)CCc3ccccc3)nc12. The van der Waals surface area contributed by atoms with Crippen molar-refractivity contribution in [2.75, 3.05) is 18.5 Å². The minimum atomic E-state index is 0.0331. The summed E-state index contributed by atoms with van der Waals surface area (Å²) in [5.41, 5.74) is 4.74. The van der Waals surface area contributed by atoms with Crippen LogP contribution in [0.25, 0.3) is 10.2 Å². The Balaban J connectivity index is 1.56. The van der Waals surface area contributed by atoms with E-state index in [-0.39, 0.29) is 11.9 Å². The Morgan fingerprint density at radius 1 is 1.15 bits per heavy atom. The highest BCUT2D eigenvalue weighted by Crippen LogP contribution is 2.32. The molecule has 0 aliphatic rings. The molecule has 0 aliphatic heterocycles. The van der Waals surface area contributed by atoms with E-state index < -0.39 is 0 Å². The molecule has 142 valence electrons. The first-order valence-electron chi connectivity index (χ1n) is 9.35. The molecule has 3 rings (SSSR count). The Bertz CT molecular complexity index is 881. The summed E-state index contributed by atoms with van der Waals surface area (Å²) in [4.78, 5) is 19.1. The molecule has 5 heteroatoms. The number of likely N-dealkylation sites (N-methyl/N-ethyl adjacent to an activating group) is 1. The molecule has 1 heterocycles. The van der Waals surface area contributed by atoms with Gasteiger partial charge in [-0.1, -0.05) is 53.8 Å². The van der Waals surface area contributed by atoms with Crippen molar-refractivity contribution in [3.8, 4) is 0 Å². The second kappa shape index (κ2) is 8.53. The number of aromatic nitrogens is 1. The summed E-state index contributed by atoms with van der Waals surface area (Å²) in [5.74, 6) is 0.0331. The molecule has 1 atom stereocenters. The minimum absolute atomic E-state index is 0.0331. The number of aryl methyl sites for hydroxylation is 3. The molecular formula is C22H27N3OS. The molecule has 0 spiro atoms. The fraction of sp³-hybridized carbons (Fsp3) is 0.364. The van der Waals surface area contributed by atoms with Gasteiger partial charge < -0.3 is 10.2 Å². The molecule has 0 bridgehead atoms. The first-order chi connectivity index (χ1) is 12.9. The highest BCUT2D eigenvalue weighted by molar-refractivity contribution is 7.22. The lowest BCUT2D eigenvalue weighted by Crippen LogP contribution is -2.40. The van der Waals surface area contributed by atoms with Gasteiger partial charge >= 0.3 is 0 Å². The van der Waals surface area contributed by atoms with Gasteiger partial charge in [0, 0.05) is 13.1 Å². The van der Waals surface area contributed by atoms with Crippen molar-refractivity contribution >= 4 is 32.6 Å². The number of nitrogens with zero attached hydrogens (tertiary/aromatic N) is 2. The summed E-state index contributed by atoms with van der Waals surface area (Å²) in [6.07, 6.45) is 1.90. The van der Waals surface area contributed by atoms with Gasteiger partial charge in [-0.05, 0) is 50.3 Å². The quantitative estimate of drug-likeness (QED) is 0.656. The third-order valence-electron chi connectivity index (χ3n) is 4.75. The number of thiazole rings is 1. The van der Waals surface area contributed by atoms with Crippen LogP contribution in [0.3, 0.4) is 0 Å². The van der Waals surface area contributed by atoms with E-state index in [4.69, 9.17) is 4.98 Å². The zero-order valence-electron chi connectivity index (χ0n) is 16.5. The molecule has 0 fully saturated rings. The number of rotatable bonds is 7. The Labute approximate surface area is 165 Å². The van der Waals surface area contributed by atoms with E-state index in [0.717, 1.165) is 23.5 Å². The third-order valence-corrected chi connectivity index (χ3v) is 6.06. The van der Waals surface area contributed by atoms with Crippen LogP contribution in [-0.4, -0.2) is 30.5 Å². The standard InChI is InChI=1S/C22H27N3OS/c1-15-10-11-16(2)21-20(15)24-22(27-21)25(4)14-19(26)23-17(3)12-13-18-8-6-5-7-9-18/h5-11,17H,12-14H2,1-4H3,(H,23,26). The Morgan fingerprint density at radius 3 is 2.56 bits per heavy atom. The zero-order valence-corrected chi connectivity index (χ0v) is 17.3. The van der Waals surface area contributed by atoms with Crippen LogP contribution in [0, 0.1) is 13.8 Å². The molecule has 1 amide bonds. The number of carbonyl (C=O) groups excluding carboxylic acids is 1. The van der Waals surface area contributed by atoms with Gasteiger partial charge in [0.25, 0.3) is 0 Å². The van der Waals surface area contributed by atoms with Gasteiger partial charge in [0.15, 0.2) is 5.13 Å². The van der Waals surface area contributed by atoms with E-state index >= 15 is 0 Å². The third kappa shape index (κ3) is 4.86. The smallest absolute Gasteiger partial charge is 0.239 e. The van der Waals surface area contributed by atoms with Crippen molar-refractivity contribution in [3.63, 3.8) is 0 Å². The molecule has 0 saturated heterocycles. The fourth-order valence-corrected chi connectivity index (χ4v) is 4.19. The van der Waals surface area contributed by atoms with Crippen LogP contribution < -0.4 is 10.2 Å². The van der Waals surface area contributed by atoms with E-state index in [9.17, 15) is 4.79 Å². The monoisotopic (exact) mass is 381 g/mol. The molecule has 0 aliphatic carbocycles. The van der Waals surface area contributed by atoms with E-state index in [1.165, 1.54) is 21.4 Å². The fourth-order valence-electron chi connectivity index (χ4n) is 3.11. The minimum Gasteiger partial charge on any atom is -0.352 e. The number of nitrogens with one attached hydrogen (secondary N) is 1. The average molecular weight is 382 g/mol. The van der Waals surface area contributed by atoms with Gasteiger partial charge in [-0.2, -0.15) is 0 Å². The number of carbonyl (C=O) groups is 1. The summed E-state index contributed by atoms with van der Waals surface area (Å²) < 4.78 is 1.20. The lowest BCUT2D eigenvalue weighted by molar-refractivity contribution is -0.120. The number of amides is 1. The molecule has 2 aromatic carbocycles. The number of hydrogen-bond donors (Lipinski definition) is 1. The Kier molecular flexibility index (Phi) is 6.11. The van der Waals surface area contributed by atoms with Crippen molar-refractivity contribution in [1.29, 1.82) is 0 Å². The average Bonchev–Trinajstić information content (AvgIpc) is 3.11. The maximum absolute atomic E-state index is 12.4. The predicted octanol–water partition coefficient (Wildman–Crippen LogP) is 4.49. The zero-order chi connectivity index (χ0) is 19.4. The van der Waals surface area contributed by atoms with Crippen molar-refractivity contribution in [3.05, 3.63) is 59.2 Å². The highest BCUT2D eigenvalue weighted by atomic mass is 32.1. The van der Waals surface area contributed by atoms with E-state index in [1.54, 1.807) is 11.3 Å². The lowest BCUT2D eigenvalue weighted by atomic mass is 10.1. The van der Waals surface area contributed by atoms with Crippen molar-refractivity contribution in [2.24, 2.45) is 0 Å². The lowest BCUT2D eigenvalue weighted by Gasteiger charge is -2.18. The first kappa shape index (κ1) is 19.4. The molecule has 27 heavy (non-hydrogen) atoms. The van der Waals surface area contributed by atoms with Gasteiger partial charge in [-0.25, -0.2) is 4.98 Å². The van der Waals surface area contributed by atoms with Crippen LogP contribution in [0.4, 0.5) is 5.13 Å². The van der Waals surface area contributed by atoms with Crippen molar-refractivity contribution in [2.45, 2.75) is 39.7 Å². The van der Waals surface area contributed by atoms with Crippen molar-refractivity contribution < 1.29 is 4.79 Å². The molecule has 1 N–H and O–H groups in total. The van der Waals surface area contributed by atoms with Gasteiger partial charge in [-0.3, -0.25) is 4.79 Å². The summed E-state index contributed by atoms with van der Waals surface area (Å²) in [5, 5.41) is 3.99. The molecule has 3 aromatic rings. The summed E-state index contributed by atoms with van der Waals surface area (Å²) in [6, 6.07) is 14.7. The Morgan fingerprint density at radius 2 is 1.85 bits per heavy atom. The largest absolute Gasteiger partial charge is 0.352 e. The maximum atomic E-state index is 12.4. The summed E-state index contributed by atoms with van der Waals surface area (Å²) >= 11 is 1.65. The maximum Gasteiger partial charge on any atom is 0.239 e. The number of benzene rings is 2. The van der Waals surface area contributed by atoms with Crippen LogP contribution in [0.5, 0.6) is 0 Å². The molecular weight excluding hydrogens is 354 g/mol. The van der Waals surface area contributed by atoms with Gasteiger partial charge in [-0.15, -0.1) is 0 Å². The molecule has 4 nitrogen and oxygen atoms in total. The number of hydrogen-bond acceptors (Lipinski definition) is 4. The number of fused-ring (bicyclic) bond motifs is 1. The van der Waals surface area contributed by atoms with E-state index in [0.29, 0.717) is 6.54 Å². The Hall–Kier alpha value is -2.40. The highest BCUT2D eigenvalue weighted by Gasteiger charge is 2.15. The van der Waals surface area contributed by atoms with Crippen molar-refractivity contribution in [1.82, 2.24) is 10.3 Å². The summed E-state index contributed by atoms with van der Waals surface area (Å²) in [7, 11) is 1.93. The normalized spacial score (nSPS) is 12.1.